The topological polar surface area (TPSA) is 119 Å². The van der Waals surface area contributed by atoms with Gasteiger partial charge in [0.15, 0.2) is 0 Å². The predicted molar refractivity (Wildman–Crippen MR) is 65.5 cm³/mol. The number of carboxylic acids is 1. The van der Waals surface area contributed by atoms with Gasteiger partial charge in [0.2, 0.25) is 5.91 Å². The molecule has 0 spiro atoms. The number of benzene rings is 1. The second-order valence-corrected chi connectivity index (χ2v) is 3.54. The number of carbonyl (C=O) groups is 2. The highest BCUT2D eigenvalue weighted by Crippen LogP contribution is 2.33. The van der Waals surface area contributed by atoms with Gasteiger partial charge < -0.3 is 15.2 Å². The van der Waals surface area contributed by atoms with E-state index >= 15 is 0 Å². The summed E-state index contributed by atoms with van der Waals surface area (Å²) in [6, 6.07) is 1.99. The predicted octanol–water partition coefficient (Wildman–Crippen LogP) is 1.65. The van der Waals surface area contributed by atoms with Crippen molar-refractivity contribution in [2.75, 3.05) is 11.9 Å². The summed E-state index contributed by atoms with van der Waals surface area (Å²) >= 11 is 0. The molecular weight excluding hydrogens is 256 g/mol. The first-order chi connectivity index (χ1) is 8.86. The molecule has 0 radical (unpaired) electrons. The molecule has 0 bridgehead atoms. The van der Waals surface area contributed by atoms with Gasteiger partial charge in [-0.05, 0) is 13.0 Å². The van der Waals surface area contributed by atoms with Crippen LogP contribution < -0.4 is 10.1 Å². The Labute approximate surface area is 108 Å². The number of amides is 1. The molecule has 1 aromatic rings. The van der Waals surface area contributed by atoms with Crippen LogP contribution in [0, 0.1) is 10.1 Å². The van der Waals surface area contributed by atoms with Crippen molar-refractivity contribution < 1.29 is 24.4 Å². The third kappa shape index (κ3) is 3.41. The van der Waals surface area contributed by atoms with Crippen molar-refractivity contribution in [3.05, 3.63) is 27.8 Å². The maximum atomic E-state index is 11.0. The van der Waals surface area contributed by atoms with Crippen LogP contribution in [0.25, 0.3) is 0 Å². The number of ether oxygens (including phenoxy) is 1. The van der Waals surface area contributed by atoms with Gasteiger partial charge in [-0.3, -0.25) is 14.9 Å². The number of hydrogen-bond acceptors (Lipinski definition) is 5. The largest absolute Gasteiger partial charge is 0.491 e. The molecule has 0 aliphatic carbocycles. The summed E-state index contributed by atoms with van der Waals surface area (Å²) in [6.07, 6.45) is 0. The Kier molecular flexibility index (Phi) is 4.41. The van der Waals surface area contributed by atoms with E-state index in [0.29, 0.717) is 0 Å². The van der Waals surface area contributed by atoms with Gasteiger partial charge in [-0.2, -0.15) is 0 Å². The molecule has 0 saturated heterocycles. The molecule has 1 aromatic carbocycles. The van der Waals surface area contributed by atoms with E-state index in [1.807, 2.05) is 0 Å². The lowest BCUT2D eigenvalue weighted by Crippen LogP contribution is -2.11. The lowest BCUT2D eigenvalue weighted by Gasteiger charge is -2.11. The number of nitrogens with zero attached hydrogens (tertiary/aromatic N) is 1. The zero-order valence-corrected chi connectivity index (χ0v) is 10.3. The molecule has 0 aromatic heterocycles. The van der Waals surface area contributed by atoms with Crippen molar-refractivity contribution in [3.8, 4) is 5.75 Å². The van der Waals surface area contributed by atoms with E-state index in [4.69, 9.17) is 9.84 Å². The molecule has 0 fully saturated rings. The van der Waals surface area contributed by atoms with Crippen LogP contribution in [0.3, 0.4) is 0 Å². The van der Waals surface area contributed by atoms with Gasteiger partial charge in [-0.15, -0.1) is 0 Å². The number of nitro groups is 1. The normalized spacial score (nSPS) is 9.79. The van der Waals surface area contributed by atoms with Gasteiger partial charge in [0.25, 0.3) is 5.69 Å². The molecule has 8 nitrogen and oxygen atoms in total. The molecule has 1 amide bonds. The number of hydrogen-bond donors (Lipinski definition) is 2. The van der Waals surface area contributed by atoms with Crippen LogP contribution >= 0.6 is 0 Å². The standard InChI is InChI=1S/C11H12N2O6/c1-3-19-10-5-9(13(17)18)7(11(15)16)4-8(10)12-6(2)14/h4-5H,3H2,1-2H3,(H,12,14)(H,15,16). The van der Waals surface area contributed by atoms with Crippen molar-refractivity contribution in [1.82, 2.24) is 0 Å². The minimum Gasteiger partial charge on any atom is -0.491 e. The molecule has 102 valence electrons. The number of rotatable bonds is 5. The Morgan fingerprint density at radius 2 is 2.11 bits per heavy atom. The van der Waals surface area contributed by atoms with E-state index in [1.54, 1.807) is 6.92 Å². The minimum atomic E-state index is -1.46. The highest BCUT2D eigenvalue weighted by Gasteiger charge is 2.24. The summed E-state index contributed by atoms with van der Waals surface area (Å²) in [6.45, 7) is 3.11. The molecule has 8 heteroatoms. The third-order valence-corrected chi connectivity index (χ3v) is 2.14. The molecule has 0 saturated carbocycles. The molecule has 0 aliphatic rings. The summed E-state index contributed by atoms with van der Waals surface area (Å²) in [5.74, 6) is -1.85. The maximum Gasteiger partial charge on any atom is 0.342 e. The number of anilines is 1. The molecule has 2 N–H and O–H groups in total. The average molecular weight is 268 g/mol. The van der Waals surface area contributed by atoms with Crippen LogP contribution in [0.5, 0.6) is 5.75 Å². The zero-order chi connectivity index (χ0) is 14.6. The van der Waals surface area contributed by atoms with Crippen molar-refractivity contribution in [2.24, 2.45) is 0 Å². The highest BCUT2D eigenvalue weighted by molar-refractivity contribution is 5.97. The quantitative estimate of drug-likeness (QED) is 0.619. The van der Waals surface area contributed by atoms with E-state index in [2.05, 4.69) is 5.32 Å². The van der Waals surface area contributed by atoms with Crippen LogP contribution in [-0.2, 0) is 4.79 Å². The molecule has 19 heavy (non-hydrogen) atoms. The Morgan fingerprint density at radius 3 is 2.53 bits per heavy atom. The SMILES string of the molecule is CCOc1cc([N+](=O)[O-])c(C(=O)O)cc1NC(C)=O. The second-order valence-electron chi connectivity index (χ2n) is 3.54. The fourth-order valence-corrected chi connectivity index (χ4v) is 1.45. The molecule has 1 rings (SSSR count). The fraction of sp³-hybridized carbons (Fsp3) is 0.273. The molecular formula is C11H12N2O6. The van der Waals surface area contributed by atoms with Crippen LogP contribution in [0.4, 0.5) is 11.4 Å². The Balaban J connectivity index is 3.44. The fourth-order valence-electron chi connectivity index (χ4n) is 1.45. The Morgan fingerprint density at radius 1 is 1.47 bits per heavy atom. The first-order valence-corrected chi connectivity index (χ1v) is 5.33. The van der Waals surface area contributed by atoms with Crippen LogP contribution in [0.1, 0.15) is 24.2 Å². The van der Waals surface area contributed by atoms with Gasteiger partial charge in [0.1, 0.15) is 11.3 Å². The summed E-state index contributed by atoms with van der Waals surface area (Å²) in [5, 5.41) is 22.1. The van der Waals surface area contributed by atoms with Crippen molar-refractivity contribution in [1.29, 1.82) is 0 Å². The van der Waals surface area contributed by atoms with E-state index in [1.165, 1.54) is 6.92 Å². The highest BCUT2D eigenvalue weighted by atomic mass is 16.6. The number of nitro benzene ring substituents is 1. The first kappa shape index (κ1) is 14.4. The van der Waals surface area contributed by atoms with Crippen molar-refractivity contribution >= 4 is 23.3 Å². The van der Waals surface area contributed by atoms with Crippen molar-refractivity contribution in [2.45, 2.75) is 13.8 Å². The summed E-state index contributed by atoms with van der Waals surface area (Å²) in [7, 11) is 0. The monoisotopic (exact) mass is 268 g/mol. The number of carboxylic acid groups (broad SMARTS) is 1. The van der Waals surface area contributed by atoms with Gasteiger partial charge in [-0.25, -0.2) is 4.79 Å². The third-order valence-electron chi connectivity index (χ3n) is 2.14. The molecule has 0 aliphatic heterocycles. The van der Waals surface area contributed by atoms with Gasteiger partial charge in [0, 0.05) is 6.92 Å². The summed E-state index contributed by atoms with van der Waals surface area (Å²) in [5.41, 5.74) is -1.03. The molecule has 0 unspecified atom stereocenters. The number of aromatic carboxylic acids is 1. The van der Waals surface area contributed by atoms with Gasteiger partial charge >= 0.3 is 5.97 Å². The van der Waals surface area contributed by atoms with E-state index in [0.717, 1.165) is 12.1 Å². The first-order valence-electron chi connectivity index (χ1n) is 5.33. The molecule has 0 heterocycles. The van der Waals surface area contributed by atoms with E-state index < -0.39 is 28.1 Å². The lowest BCUT2D eigenvalue weighted by atomic mass is 10.1. The summed E-state index contributed by atoms with van der Waals surface area (Å²) in [4.78, 5) is 32.0. The van der Waals surface area contributed by atoms with E-state index in [9.17, 15) is 19.7 Å². The number of carbonyl (C=O) groups excluding carboxylic acids is 1. The zero-order valence-electron chi connectivity index (χ0n) is 10.3. The maximum absolute atomic E-state index is 11.0. The van der Waals surface area contributed by atoms with Crippen LogP contribution in [0.15, 0.2) is 12.1 Å². The summed E-state index contributed by atoms with van der Waals surface area (Å²) < 4.78 is 5.15. The van der Waals surface area contributed by atoms with Gasteiger partial charge in [0.05, 0.1) is 23.3 Å². The Bertz CT molecular complexity index is 540. The van der Waals surface area contributed by atoms with Crippen LogP contribution in [0.2, 0.25) is 0 Å². The molecule has 0 atom stereocenters. The van der Waals surface area contributed by atoms with Crippen LogP contribution in [-0.4, -0.2) is 28.5 Å². The van der Waals surface area contributed by atoms with Crippen molar-refractivity contribution in [3.63, 3.8) is 0 Å². The van der Waals surface area contributed by atoms with Gasteiger partial charge in [-0.1, -0.05) is 0 Å². The lowest BCUT2D eigenvalue weighted by molar-refractivity contribution is -0.385. The van der Waals surface area contributed by atoms with E-state index in [-0.39, 0.29) is 18.0 Å². The smallest absolute Gasteiger partial charge is 0.342 e. The number of nitrogens with one attached hydrogen (secondary N) is 1. The minimum absolute atomic E-state index is 0.0504. The second kappa shape index (κ2) is 5.80. The Hall–Kier alpha value is -2.64. The average Bonchev–Trinajstić information content (AvgIpc) is 2.29.